The molecule has 0 aliphatic heterocycles. The summed E-state index contributed by atoms with van der Waals surface area (Å²) in [7, 11) is 4.07. The van der Waals surface area contributed by atoms with Crippen molar-refractivity contribution in [1.82, 2.24) is 0 Å². The molecule has 0 amide bonds. The van der Waals surface area contributed by atoms with Gasteiger partial charge in [0, 0.05) is 11.5 Å². The number of hydrogen-bond acceptors (Lipinski definition) is 4. The maximum absolute atomic E-state index is 4.64. The summed E-state index contributed by atoms with van der Waals surface area (Å²) in [4.78, 5) is 0. The van der Waals surface area contributed by atoms with E-state index in [0.29, 0.717) is 11.0 Å². The van der Waals surface area contributed by atoms with E-state index in [4.69, 9.17) is 0 Å². The first-order valence-electron chi connectivity index (χ1n) is 5.79. The number of hydrogen-bond donors (Lipinski definition) is 1. The normalized spacial score (nSPS) is 9.25. The highest BCUT2D eigenvalue weighted by Gasteiger charge is 1.88. The van der Waals surface area contributed by atoms with E-state index in [1.807, 2.05) is 28.5 Å². The predicted molar refractivity (Wildman–Crippen MR) is 87.9 cm³/mol. The van der Waals surface area contributed by atoms with Gasteiger partial charge in [-0.15, -0.1) is 0 Å². The molecule has 98 valence electrons. The number of rotatable bonds is 8. The average molecular weight is 301 g/mol. The van der Waals surface area contributed by atoms with Crippen molar-refractivity contribution in [1.29, 1.82) is 0 Å². The molecule has 1 nitrogen and oxygen atoms in total. The van der Waals surface area contributed by atoms with Gasteiger partial charge in [0.25, 0.3) is 0 Å². The standard InChI is InChI=1S/C8H18S2.C3H6OS2/c1-3-5-7-9-10-8-6-4-2;1-2-4-3(5)6/h3-8H2,1-2H3;2H2,1H3,(H,5,6). The average Bonchev–Trinajstić information content (AvgIpc) is 2.24. The topological polar surface area (TPSA) is 9.23 Å². The number of unbranched alkanes of at least 4 members (excludes halogenated alkanes) is 2. The Balaban J connectivity index is 0. The Kier molecular flexibility index (Phi) is 22.1. The number of ether oxygens (including phenoxy) is 1. The molecule has 0 aromatic rings. The molecule has 0 aromatic carbocycles. The Morgan fingerprint density at radius 2 is 1.50 bits per heavy atom. The Bertz CT molecular complexity index is 134. The van der Waals surface area contributed by atoms with E-state index in [1.165, 1.54) is 37.2 Å². The third kappa shape index (κ3) is 24.3. The molecular formula is C11H24OS4. The minimum absolute atomic E-state index is 0.317. The molecule has 0 saturated carbocycles. The largest absolute Gasteiger partial charge is 0.479 e. The van der Waals surface area contributed by atoms with Gasteiger partial charge in [-0.05, 0) is 32.0 Å². The van der Waals surface area contributed by atoms with E-state index in [-0.39, 0.29) is 0 Å². The Morgan fingerprint density at radius 3 is 1.69 bits per heavy atom. The highest BCUT2D eigenvalue weighted by atomic mass is 33.1. The van der Waals surface area contributed by atoms with Crippen LogP contribution in [0.3, 0.4) is 0 Å². The molecule has 0 bridgehead atoms. The first-order valence-corrected chi connectivity index (χ1v) is 9.13. The van der Waals surface area contributed by atoms with Crippen molar-refractivity contribution in [3.8, 4) is 0 Å². The van der Waals surface area contributed by atoms with Crippen LogP contribution in [0.4, 0.5) is 0 Å². The lowest BCUT2D eigenvalue weighted by Crippen LogP contribution is -1.89. The SMILES string of the molecule is CCCCSSCCCC.CCOC(=S)S. The fourth-order valence-corrected chi connectivity index (χ4v) is 3.36. The zero-order chi connectivity index (χ0) is 12.6. The molecule has 0 atom stereocenters. The van der Waals surface area contributed by atoms with Crippen molar-refractivity contribution < 1.29 is 4.74 Å². The predicted octanol–water partition coefficient (Wildman–Crippen LogP) is 5.21. The molecule has 0 aliphatic carbocycles. The molecule has 0 fully saturated rings. The first kappa shape index (κ1) is 19.3. The zero-order valence-corrected chi connectivity index (χ0v) is 13.9. The summed E-state index contributed by atoms with van der Waals surface area (Å²) in [5.41, 5.74) is 0. The molecule has 0 radical (unpaired) electrons. The Hall–Kier alpha value is 0.940. The van der Waals surface area contributed by atoms with Crippen LogP contribution in [0.1, 0.15) is 46.5 Å². The van der Waals surface area contributed by atoms with E-state index in [9.17, 15) is 0 Å². The van der Waals surface area contributed by atoms with Gasteiger partial charge in [0.05, 0.1) is 6.61 Å². The number of thiol groups is 1. The molecule has 0 aromatic heterocycles. The third-order valence-electron chi connectivity index (χ3n) is 1.51. The maximum Gasteiger partial charge on any atom is 0.216 e. The van der Waals surface area contributed by atoms with Crippen LogP contribution in [-0.2, 0) is 4.74 Å². The van der Waals surface area contributed by atoms with Crippen molar-refractivity contribution in [2.45, 2.75) is 46.5 Å². The monoisotopic (exact) mass is 300 g/mol. The lowest BCUT2D eigenvalue weighted by molar-refractivity contribution is 0.346. The van der Waals surface area contributed by atoms with E-state index >= 15 is 0 Å². The zero-order valence-electron chi connectivity index (χ0n) is 10.5. The van der Waals surface area contributed by atoms with E-state index in [2.05, 4.69) is 43.4 Å². The summed E-state index contributed by atoms with van der Waals surface area (Å²) in [6.45, 7) is 6.97. The van der Waals surface area contributed by atoms with Crippen LogP contribution in [-0.4, -0.2) is 22.5 Å². The fourth-order valence-electron chi connectivity index (χ4n) is 0.648. The van der Waals surface area contributed by atoms with Crippen LogP contribution >= 0.6 is 46.4 Å². The highest BCUT2D eigenvalue weighted by molar-refractivity contribution is 8.76. The van der Waals surface area contributed by atoms with Gasteiger partial charge in [-0.1, -0.05) is 60.9 Å². The Labute approximate surface area is 120 Å². The van der Waals surface area contributed by atoms with Gasteiger partial charge in [-0.2, -0.15) is 0 Å². The first-order chi connectivity index (χ1) is 7.68. The van der Waals surface area contributed by atoms with Crippen molar-refractivity contribution >= 4 is 50.8 Å². The molecule has 16 heavy (non-hydrogen) atoms. The van der Waals surface area contributed by atoms with Gasteiger partial charge in [0.2, 0.25) is 4.38 Å². The van der Waals surface area contributed by atoms with Crippen LogP contribution in [0, 0.1) is 0 Å². The molecule has 0 aliphatic rings. The van der Waals surface area contributed by atoms with Crippen LogP contribution in [0.2, 0.25) is 0 Å². The summed E-state index contributed by atoms with van der Waals surface area (Å²) in [6, 6.07) is 0. The summed E-state index contributed by atoms with van der Waals surface area (Å²) in [5.74, 6) is 2.68. The minimum Gasteiger partial charge on any atom is -0.479 e. The van der Waals surface area contributed by atoms with Gasteiger partial charge < -0.3 is 4.74 Å². The van der Waals surface area contributed by atoms with E-state index in [0.717, 1.165) is 0 Å². The van der Waals surface area contributed by atoms with Gasteiger partial charge in [-0.3, -0.25) is 0 Å². The molecule has 0 spiro atoms. The second kappa shape index (κ2) is 18.3. The van der Waals surface area contributed by atoms with Crippen LogP contribution in [0.15, 0.2) is 0 Å². The lowest BCUT2D eigenvalue weighted by atomic mass is 10.4. The second-order valence-electron chi connectivity index (χ2n) is 3.05. The molecule has 0 rings (SSSR count). The second-order valence-corrected chi connectivity index (χ2v) is 6.83. The van der Waals surface area contributed by atoms with Crippen molar-refractivity contribution in [2.24, 2.45) is 0 Å². The quantitative estimate of drug-likeness (QED) is 0.285. The summed E-state index contributed by atoms with van der Waals surface area (Å²) in [6.07, 6.45) is 5.43. The smallest absolute Gasteiger partial charge is 0.216 e. The number of thiocarbonyl (C=S) groups is 1. The summed E-state index contributed by atoms with van der Waals surface area (Å²) in [5, 5.41) is 0. The van der Waals surface area contributed by atoms with Crippen LogP contribution in [0.25, 0.3) is 0 Å². The summed E-state index contributed by atoms with van der Waals surface area (Å²) < 4.78 is 4.95. The van der Waals surface area contributed by atoms with E-state index in [1.54, 1.807) is 0 Å². The van der Waals surface area contributed by atoms with Gasteiger partial charge in [-0.25, -0.2) is 0 Å². The lowest BCUT2D eigenvalue weighted by Gasteiger charge is -1.97. The van der Waals surface area contributed by atoms with Crippen LogP contribution in [0.5, 0.6) is 0 Å². The van der Waals surface area contributed by atoms with Gasteiger partial charge in [0.1, 0.15) is 0 Å². The molecule has 0 N–H and O–H groups in total. The van der Waals surface area contributed by atoms with Crippen LogP contribution < -0.4 is 0 Å². The van der Waals surface area contributed by atoms with Gasteiger partial charge in [0.15, 0.2) is 0 Å². The van der Waals surface area contributed by atoms with Crippen molar-refractivity contribution in [3.05, 3.63) is 0 Å². The summed E-state index contributed by atoms with van der Waals surface area (Å²) >= 11 is 8.12. The molecule has 0 unspecified atom stereocenters. The molecular weight excluding hydrogens is 276 g/mol. The Morgan fingerprint density at radius 1 is 1.06 bits per heavy atom. The highest BCUT2D eigenvalue weighted by Crippen LogP contribution is 2.23. The van der Waals surface area contributed by atoms with Crippen molar-refractivity contribution in [3.63, 3.8) is 0 Å². The molecule has 0 heterocycles. The van der Waals surface area contributed by atoms with E-state index < -0.39 is 0 Å². The third-order valence-corrected chi connectivity index (χ3v) is 4.34. The fraction of sp³-hybridized carbons (Fsp3) is 0.909. The molecule has 5 heteroatoms. The van der Waals surface area contributed by atoms with Crippen molar-refractivity contribution in [2.75, 3.05) is 18.1 Å². The van der Waals surface area contributed by atoms with Gasteiger partial charge >= 0.3 is 0 Å². The maximum atomic E-state index is 4.64. The molecule has 0 saturated heterocycles. The minimum atomic E-state index is 0.317.